The SMILES string of the molecule is CCOCc1nc(NC)cc(NCCSCCCO)n1. The lowest BCUT2D eigenvalue weighted by molar-refractivity contribution is 0.128. The smallest absolute Gasteiger partial charge is 0.158 e. The van der Waals surface area contributed by atoms with Gasteiger partial charge in [0.1, 0.15) is 18.2 Å². The van der Waals surface area contributed by atoms with Gasteiger partial charge in [0.15, 0.2) is 5.82 Å². The minimum Gasteiger partial charge on any atom is -0.396 e. The number of ether oxygens (including phenoxy) is 1. The number of nitrogens with one attached hydrogen (secondary N) is 2. The van der Waals surface area contributed by atoms with Crippen LogP contribution in [0.2, 0.25) is 0 Å². The van der Waals surface area contributed by atoms with Crippen molar-refractivity contribution in [3.8, 4) is 0 Å². The van der Waals surface area contributed by atoms with Gasteiger partial charge >= 0.3 is 0 Å². The summed E-state index contributed by atoms with van der Waals surface area (Å²) in [6.45, 7) is 4.12. The van der Waals surface area contributed by atoms with Gasteiger partial charge in [0.2, 0.25) is 0 Å². The van der Waals surface area contributed by atoms with Crippen LogP contribution in [-0.4, -0.2) is 53.4 Å². The number of rotatable bonds is 11. The molecule has 20 heavy (non-hydrogen) atoms. The number of aromatic nitrogens is 2. The van der Waals surface area contributed by atoms with Crippen molar-refractivity contribution in [1.82, 2.24) is 9.97 Å². The molecule has 3 N–H and O–H groups in total. The van der Waals surface area contributed by atoms with Crippen LogP contribution in [0.25, 0.3) is 0 Å². The van der Waals surface area contributed by atoms with Crippen LogP contribution in [0.5, 0.6) is 0 Å². The molecule has 0 aromatic carbocycles. The van der Waals surface area contributed by atoms with Crippen LogP contribution in [-0.2, 0) is 11.3 Å². The Morgan fingerprint density at radius 3 is 2.80 bits per heavy atom. The highest BCUT2D eigenvalue weighted by atomic mass is 32.2. The molecule has 0 fully saturated rings. The van der Waals surface area contributed by atoms with Gasteiger partial charge in [-0.2, -0.15) is 11.8 Å². The van der Waals surface area contributed by atoms with E-state index in [0.29, 0.717) is 19.0 Å². The summed E-state index contributed by atoms with van der Waals surface area (Å²) in [5, 5.41) is 15.0. The predicted octanol–water partition coefficient (Wildman–Crippen LogP) is 1.58. The van der Waals surface area contributed by atoms with Crippen LogP contribution in [0.3, 0.4) is 0 Å². The molecule has 0 atom stereocenters. The van der Waals surface area contributed by atoms with Crippen molar-refractivity contribution in [1.29, 1.82) is 0 Å². The largest absolute Gasteiger partial charge is 0.396 e. The summed E-state index contributed by atoms with van der Waals surface area (Å²) in [5.41, 5.74) is 0. The first-order valence-electron chi connectivity index (χ1n) is 6.86. The van der Waals surface area contributed by atoms with Gasteiger partial charge < -0.3 is 20.5 Å². The fraction of sp³-hybridized carbons (Fsp3) is 0.692. The van der Waals surface area contributed by atoms with Crippen molar-refractivity contribution in [2.45, 2.75) is 20.0 Å². The maximum atomic E-state index is 8.70. The van der Waals surface area contributed by atoms with Gasteiger partial charge in [-0.1, -0.05) is 0 Å². The topological polar surface area (TPSA) is 79.3 Å². The fourth-order valence-corrected chi connectivity index (χ4v) is 2.28. The standard InChI is InChI=1S/C13H24N4O2S/c1-3-19-10-13-16-11(14-2)9-12(17-13)15-5-8-20-7-4-6-18/h9,18H,3-8,10H2,1-2H3,(H2,14,15,16,17). The van der Waals surface area contributed by atoms with Gasteiger partial charge in [0, 0.05) is 38.6 Å². The second-order valence-corrected chi connectivity index (χ2v) is 5.28. The van der Waals surface area contributed by atoms with E-state index in [1.165, 1.54) is 0 Å². The molecule has 0 radical (unpaired) electrons. The van der Waals surface area contributed by atoms with E-state index in [1.807, 2.05) is 31.8 Å². The summed E-state index contributed by atoms with van der Waals surface area (Å²) in [4.78, 5) is 8.75. The van der Waals surface area contributed by atoms with Crippen molar-refractivity contribution in [2.75, 3.05) is 48.9 Å². The zero-order chi connectivity index (χ0) is 14.6. The molecule has 6 nitrogen and oxygen atoms in total. The highest BCUT2D eigenvalue weighted by Crippen LogP contribution is 2.12. The van der Waals surface area contributed by atoms with Crippen molar-refractivity contribution in [3.63, 3.8) is 0 Å². The van der Waals surface area contributed by atoms with Crippen molar-refractivity contribution >= 4 is 23.4 Å². The molecule has 0 saturated heterocycles. The molecule has 0 saturated carbocycles. The summed E-state index contributed by atoms with van der Waals surface area (Å²) in [6, 6.07) is 1.88. The Balaban J connectivity index is 2.42. The van der Waals surface area contributed by atoms with Crippen molar-refractivity contribution in [3.05, 3.63) is 11.9 Å². The zero-order valence-electron chi connectivity index (χ0n) is 12.2. The molecule has 0 aliphatic rings. The first kappa shape index (κ1) is 17.0. The number of aliphatic hydroxyl groups excluding tert-OH is 1. The molecule has 1 heterocycles. The minimum absolute atomic E-state index is 0.263. The second kappa shape index (κ2) is 10.7. The number of hydrogen-bond acceptors (Lipinski definition) is 7. The summed E-state index contributed by atoms with van der Waals surface area (Å²) in [5.74, 6) is 4.24. The van der Waals surface area contributed by atoms with Crippen LogP contribution >= 0.6 is 11.8 Å². The Labute approximate surface area is 124 Å². The first-order valence-corrected chi connectivity index (χ1v) is 8.01. The molecule has 1 rings (SSSR count). The average Bonchev–Trinajstić information content (AvgIpc) is 2.48. The first-order chi connectivity index (χ1) is 9.80. The zero-order valence-corrected chi connectivity index (χ0v) is 13.0. The third-order valence-corrected chi connectivity index (χ3v) is 3.53. The normalized spacial score (nSPS) is 10.6. The molecule has 0 unspecified atom stereocenters. The quantitative estimate of drug-likeness (QED) is 0.535. The van der Waals surface area contributed by atoms with Gasteiger partial charge in [-0.15, -0.1) is 0 Å². The lowest BCUT2D eigenvalue weighted by Crippen LogP contribution is -2.10. The maximum absolute atomic E-state index is 8.70. The third-order valence-electron chi connectivity index (χ3n) is 2.46. The Hall–Kier alpha value is -1.05. The van der Waals surface area contributed by atoms with Crippen LogP contribution < -0.4 is 10.6 Å². The predicted molar refractivity (Wildman–Crippen MR) is 84.4 cm³/mol. The molecule has 0 bridgehead atoms. The van der Waals surface area contributed by atoms with Crippen LogP contribution in [0, 0.1) is 0 Å². The van der Waals surface area contributed by atoms with Crippen LogP contribution in [0.15, 0.2) is 6.07 Å². The summed E-state index contributed by atoms with van der Waals surface area (Å²) < 4.78 is 5.34. The highest BCUT2D eigenvalue weighted by molar-refractivity contribution is 7.99. The van der Waals surface area contributed by atoms with Gasteiger partial charge in [0.25, 0.3) is 0 Å². The van der Waals surface area contributed by atoms with E-state index in [0.717, 1.165) is 36.1 Å². The van der Waals surface area contributed by atoms with E-state index in [2.05, 4.69) is 20.6 Å². The molecular formula is C13H24N4O2S. The molecule has 114 valence electrons. The lowest BCUT2D eigenvalue weighted by Gasteiger charge is -2.09. The van der Waals surface area contributed by atoms with Crippen LogP contribution in [0.4, 0.5) is 11.6 Å². The van der Waals surface area contributed by atoms with Gasteiger partial charge in [-0.3, -0.25) is 0 Å². The maximum Gasteiger partial charge on any atom is 0.158 e. The van der Waals surface area contributed by atoms with E-state index < -0.39 is 0 Å². The molecule has 0 spiro atoms. The molecule has 1 aromatic heterocycles. The number of anilines is 2. The Kier molecular flexibility index (Phi) is 9.10. The summed E-state index contributed by atoms with van der Waals surface area (Å²) in [7, 11) is 1.83. The van der Waals surface area contributed by atoms with E-state index in [1.54, 1.807) is 0 Å². The number of hydrogen-bond donors (Lipinski definition) is 3. The van der Waals surface area contributed by atoms with Gasteiger partial charge in [-0.25, -0.2) is 9.97 Å². The Morgan fingerprint density at radius 2 is 2.10 bits per heavy atom. The molecule has 0 aliphatic heterocycles. The molecule has 0 aliphatic carbocycles. The molecule has 0 amide bonds. The fourth-order valence-electron chi connectivity index (χ4n) is 1.49. The highest BCUT2D eigenvalue weighted by Gasteiger charge is 2.03. The van der Waals surface area contributed by atoms with E-state index >= 15 is 0 Å². The van der Waals surface area contributed by atoms with E-state index in [-0.39, 0.29) is 6.61 Å². The van der Waals surface area contributed by atoms with E-state index in [9.17, 15) is 0 Å². The molecular weight excluding hydrogens is 276 g/mol. The Morgan fingerprint density at radius 1 is 1.30 bits per heavy atom. The van der Waals surface area contributed by atoms with Gasteiger partial charge in [-0.05, 0) is 19.1 Å². The van der Waals surface area contributed by atoms with E-state index in [4.69, 9.17) is 9.84 Å². The number of nitrogens with zero attached hydrogens (tertiary/aromatic N) is 2. The second-order valence-electron chi connectivity index (χ2n) is 4.06. The van der Waals surface area contributed by atoms with Gasteiger partial charge in [0.05, 0.1) is 0 Å². The van der Waals surface area contributed by atoms with Crippen molar-refractivity contribution < 1.29 is 9.84 Å². The summed E-state index contributed by atoms with van der Waals surface area (Å²) >= 11 is 1.82. The lowest BCUT2D eigenvalue weighted by atomic mass is 10.4. The molecule has 7 heteroatoms. The number of aliphatic hydroxyl groups is 1. The monoisotopic (exact) mass is 300 g/mol. The Bertz CT molecular complexity index is 379. The van der Waals surface area contributed by atoms with Crippen LogP contribution in [0.1, 0.15) is 19.2 Å². The minimum atomic E-state index is 0.263. The van der Waals surface area contributed by atoms with Crippen molar-refractivity contribution in [2.24, 2.45) is 0 Å². The summed E-state index contributed by atoms with van der Waals surface area (Å²) in [6.07, 6.45) is 0.848. The molecule has 1 aromatic rings. The average molecular weight is 300 g/mol. The number of thioether (sulfide) groups is 1. The third kappa shape index (κ3) is 6.93.